The molecule has 1 aliphatic heterocycles. The molecule has 0 bridgehead atoms. The molecule has 1 fully saturated rings. The predicted molar refractivity (Wildman–Crippen MR) is 77.8 cm³/mol. The second-order valence-electron chi connectivity index (χ2n) is 6.82. The van der Waals surface area contributed by atoms with Crippen molar-refractivity contribution in [3.8, 4) is 0 Å². The first-order valence-corrected chi connectivity index (χ1v) is 7.56. The van der Waals surface area contributed by atoms with Gasteiger partial charge >= 0.3 is 6.09 Å². The molecular weight excluding hydrogens is 240 g/mol. The van der Waals surface area contributed by atoms with Crippen LogP contribution in [0, 0.1) is 0 Å². The van der Waals surface area contributed by atoms with Gasteiger partial charge in [0.05, 0.1) is 6.54 Å². The summed E-state index contributed by atoms with van der Waals surface area (Å²) in [6.45, 7) is 11.8. The van der Waals surface area contributed by atoms with Gasteiger partial charge in [0.1, 0.15) is 17.7 Å². The van der Waals surface area contributed by atoms with Gasteiger partial charge in [0.25, 0.3) is 0 Å². The Balaban J connectivity index is 2.50. The van der Waals surface area contributed by atoms with Gasteiger partial charge in [0.2, 0.25) is 0 Å². The Morgan fingerprint density at radius 2 is 1.63 bits per heavy atom. The van der Waals surface area contributed by atoms with Crippen LogP contribution in [0.3, 0.4) is 0 Å². The fourth-order valence-corrected chi connectivity index (χ4v) is 2.81. The SMILES string of the molecule is CC1[C@H](C)[N+]1(CCCCCCN)C(=O)OC(C)(C)C. The van der Waals surface area contributed by atoms with Crippen LogP contribution >= 0.6 is 0 Å². The number of nitrogens with two attached hydrogens (primary N) is 1. The number of carbonyl (C=O) groups excluding carboxylic acids is 1. The Hall–Kier alpha value is -0.610. The Kier molecular flexibility index (Phi) is 5.39. The minimum atomic E-state index is -0.399. The van der Waals surface area contributed by atoms with Gasteiger partial charge in [0.15, 0.2) is 0 Å². The van der Waals surface area contributed by atoms with Gasteiger partial charge in [-0.25, -0.2) is 4.48 Å². The van der Waals surface area contributed by atoms with Crippen molar-refractivity contribution in [1.29, 1.82) is 0 Å². The molecule has 1 heterocycles. The maximum absolute atomic E-state index is 12.4. The Morgan fingerprint density at radius 1 is 1.11 bits per heavy atom. The van der Waals surface area contributed by atoms with E-state index in [2.05, 4.69) is 13.8 Å². The van der Waals surface area contributed by atoms with Crippen molar-refractivity contribution in [2.24, 2.45) is 5.73 Å². The second-order valence-corrected chi connectivity index (χ2v) is 6.82. The van der Waals surface area contributed by atoms with Crippen LogP contribution in [0.25, 0.3) is 0 Å². The van der Waals surface area contributed by atoms with Gasteiger partial charge in [0, 0.05) is 0 Å². The standard InChI is InChI=1S/C15H31N2O2/c1-12-13(2)17(12,11-9-7-6-8-10-16)14(18)19-15(3,4)5/h12-13H,6-11,16H2,1-5H3/q+1/t12-,13?,17?/m0/s1. The molecule has 0 radical (unpaired) electrons. The zero-order chi connectivity index (χ0) is 14.7. The van der Waals surface area contributed by atoms with Crippen LogP contribution in [-0.4, -0.2) is 41.4 Å². The van der Waals surface area contributed by atoms with Gasteiger partial charge < -0.3 is 10.5 Å². The number of unbranched alkanes of at least 4 members (excludes halogenated alkanes) is 3. The van der Waals surface area contributed by atoms with Crippen molar-refractivity contribution in [3.63, 3.8) is 0 Å². The van der Waals surface area contributed by atoms with Crippen LogP contribution in [0.2, 0.25) is 0 Å². The van der Waals surface area contributed by atoms with E-state index in [0.29, 0.717) is 16.6 Å². The van der Waals surface area contributed by atoms with Crippen LogP contribution in [0.15, 0.2) is 0 Å². The van der Waals surface area contributed by atoms with Crippen molar-refractivity contribution in [3.05, 3.63) is 0 Å². The summed E-state index contributed by atoms with van der Waals surface area (Å²) in [6.07, 6.45) is 4.42. The first-order valence-electron chi connectivity index (χ1n) is 7.56. The summed E-state index contributed by atoms with van der Waals surface area (Å²) >= 11 is 0. The van der Waals surface area contributed by atoms with E-state index < -0.39 is 5.60 Å². The summed E-state index contributed by atoms with van der Waals surface area (Å²) in [5.41, 5.74) is 5.09. The second kappa shape index (κ2) is 6.23. The van der Waals surface area contributed by atoms with Crippen LogP contribution in [0.1, 0.15) is 60.3 Å². The third-order valence-electron chi connectivity index (χ3n) is 4.28. The molecule has 1 amide bonds. The molecule has 0 aromatic rings. The molecule has 1 rings (SSSR count). The number of rotatable bonds is 6. The molecule has 0 aliphatic carbocycles. The first-order chi connectivity index (χ1) is 8.75. The van der Waals surface area contributed by atoms with E-state index >= 15 is 0 Å². The highest BCUT2D eigenvalue weighted by atomic mass is 16.6. The Bertz CT molecular complexity index is 302. The number of ether oxygens (including phenoxy) is 1. The highest BCUT2D eigenvalue weighted by molar-refractivity contribution is 5.63. The Labute approximate surface area is 117 Å². The van der Waals surface area contributed by atoms with Crippen LogP contribution in [-0.2, 0) is 4.74 Å². The van der Waals surface area contributed by atoms with Crippen molar-refractivity contribution >= 4 is 6.09 Å². The molecule has 0 spiro atoms. The normalized spacial score (nSPS) is 30.2. The molecule has 0 saturated carbocycles. The summed E-state index contributed by atoms with van der Waals surface area (Å²) in [4.78, 5) is 12.4. The first kappa shape index (κ1) is 16.4. The molecule has 0 aromatic carbocycles. The van der Waals surface area contributed by atoms with Crippen molar-refractivity contribution in [2.45, 2.75) is 78.0 Å². The number of nitrogens with zero attached hydrogens (tertiary/aromatic N) is 1. The van der Waals surface area contributed by atoms with E-state index in [0.717, 1.165) is 38.8 Å². The lowest BCUT2D eigenvalue weighted by Gasteiger charge is -2.24. The molecule has 4 heteroatoms. The van der Waals surface area contributed by atoms with E-state index in [4.69, 9.17) is 10.5 Å². The van der Waals surface area contributed by atoms with Crippen LogP contribution in [0.4, 0.5) is 4.79 Å². The van der Waals surface area contributed by atoms with Gasteiger partial charge in [-0.15, -0.1) is 0 Å². The highest BCUT2D eigenvalue weighted by Crippen LogP contribution is 2.42. The molecule has 4 nitrogen and oxygen atoms in total. The monoisotopic (exact) mass is 271 g/mol. The third-order valence-corrected chi connectivity index (χ3v) is 4.28. The summed E-state index contributed by atoms with van der Waals surface area (Å²) in [5, 5.41) is 0. The molecule has 0 aromatic heterocycles. The van der Waals surface area contributed by atoms with Crippen LogP contribution in [0.5, 0.6) is 0 Å². The smallest absolute Gasteiger partial charge is 0.414 e. The zero-order valence-corrected chi connectivity index (χ0v) is 13.2. The van der Waals surface area contributed by atoms with Crippen molar-refractivity contribution < 1.29 is 14.0 Å². The third kappa shape index (κ3) is 3.93. The molecule has 3 atom stereocenters. The molecule has 19 heavy (non-hydrogen) atoms. The topological polar surface area (TPSA) is 52.3 Å². The number of amides is 1. The van der Waals surface area contributed by atoms with Gasteiger partial charge in [-0.05, 0) is 60.4 Å². The van der Waals surface area contributed by atoms with E-state index in [1.165, 1.54) is 0 Å². The van der Waals surface area contributed by atoms with Gasteiger partial charge in [-0.1, -0.05) is 6.42 Å². The summed E-state index contributed by atoms with van der Waals surface area (Å²) < 4.78 is 6.11. The van der Waals surface area contributed by atoms with Crippen molar-refractivity contribution in [2.75, 3.05) is 13.1 Å². The van der Waals surface area contributed by atoms with Crippen molar-refractivity contribution in [1.82, 2.24) is 0 Å². The fraction of sp³-hybridized carbons (Fsp3) is 0.933. The Morgan fingerprint density at radius 3 is 2.05 bits per heavy atom. The summed E-state index contributed by atoms with van der Waals surface area (Å²) in [5.74, 6) is 0. The average molecular weight is 271 g/mol. The fourth-order valence-electron chi connectivity index (χ4n) is 2.81. The van der Waals surface area contributed by atoms with Gasteiger partial charge in [-0.2, -0.15) is 4.79 Å². The molecule has 2 unspecified atom stereocenters. The predicted octanol–water partition coefficient (Wildman–Crippen LogP) is 3.05. The highest BCUT2D eigenvalue weighted by Gasteiger charge is 2.67. The molecule has 1 aliphatic rings. The number of hydrogen-bond donors (Lipinski definition) is 1. The largest absolute Gasteiger partial charge is 0.517 e. The number of quaternary nitrogens is 1. The molecular formula is C15H31N2O2+. The zero-order valence-electron chi connectivity index (χ0n) is 13.2. The number of carbonyl (C=O) groups is 1. The minimum Gasteiger partial charge on any atom is -0.414 e. The van der Waals surface area contributed by atoms with Crippen LogP contribution < -0.4 is 5.73 Å². The lowest BCUT2D eigenvalue weighted by Crippen LogP contribution is -2.42. The van der Waals surface area contributed by atoms with E-state index in [9.17, 15) is 4.79 Å². The maximum Gasteiger partial charge on any atom is 0.517 e. The summed E-state index contributed by atoms with van der Waals surface area (Å²) in [6, 6.07) is 0.786. The molecule has 2 N–H and O–H groups in total. The minimum absolute atomic E-state index is 0.0497. The molecule has 1 saturated heterocycles. The maximum atomic E-state index is 12.4. The lowest BCUT2D eigenvalue weighted by molar-refractivity contribution is -0.750. The lowest BCUT2D eigenvalue weighted by atomic mass is 10.2. The van der Waals surface area contributed by atoms with E-state index in [1.54, 1.807) is 0 Å². The molecule has 112 valence electrons. The average Bonchev–Trinajstić information content (AvgIpc) is 2.81. The quantitative estimate of drug-likeness (QED) is 0.459. The number of hydrogen-bond acceptors (Lipinski definition) is 3. The van der Waals surface area contributed by atoms with E-state index in [-0.39, 0.29) is 6.09 Å². The van der Waals surface area contributed by atoms with Gasteiger partial charge in [-0.3, -0.25) is 0 Å². The summed E-state index contributed by atoms with van der Waals surface area (Å²) in [7, 11) is 0. The van der Waals surface area contributed by atoms with E-state index in [1.807, 2.05) is 20.8 Å².